The summed E-state index contributed by atoms with van der Waals surface area (Å²) >= 11 is 1.78. The van der Waals surface area contributed by atoms with Gasteiger partial charge in [0.15, 0.2) is 0 Å². The Balaban J connectivity index is 1.70. The molecule has 0 radical (unpaired) electrons. The lowest BCUT2D eigenvalue weighted by Gasteiger charge is -2.24. The number of nitrogens with zero attached hydrogens (tertiary/aromatic N) is 1. The van der Waals surface area contributed by atoms with Gasteiger partial charge in [-0.1, -0.05) is 31.2 Å². The highest BCUT2D eigenvalue weighted by Crippen LogP contribution is 2.30. The van der Waals surface area contributed by atoms with Crippen LogP contribution in [0, 0.1) is 5.92 Å². The molecule has 0 amide bonds. The molecule has 0 aliphatic heterocycles. The Morgan fingerprint density at radius 2 is 2.05 bits per heavy atom. The maximum Gasteiger partial charge on any atom is 0.0940 e. The SMILES string of the molecule is CCCNC(Cc1nccs1)C1Cc2ccccc2C1. The van der Waals surface area contributed by atoms with Gasteiger partial charge in [-0.2, -0.15) is 0 Å². The third-order valence-corrected chi connectivity index (χ3v) is 4.99. The quantitative estimate of drug-likeness (QED) is 0.879. The van der Waals surface area contributed by atoms with E-state index in [1.807, 2.05) is 6.20 Å². The van der Waals surface area contributed by atoms with Crippen LogP contribution in [0.1, 0.15) is 29.5 Å². The summed E-state index contributed by atoms with van der Waals surface area (Å²) in [6.07, 6.45) is 6.59. The smallest absolute Gasteiger partial charge is 0.0940 e. The van der Waals surface area contributed by atoms with Crippen LogP contribution in [-0.4, -0.2) is 17.6 Å². The fraction of sp³-hybridized carbons (Fsp3) is 0.471. The van der Waals surface area contributed by atoms with Crippen LogP contribution in [0.15, 0.2) is 35.8 Å². The lowest BCUT2D eigenvalue weighted by Crippen LogP contribution is -2.39. The number of thiazole rings is 1. The molecular formula is C17H22N2S. The summed E-state index contributed by atoms with van der Waals surface area (Å²) in [6.45, 7) is 3.33. The Morgan fingerprint density at radius 1 is 1.30 bits per heavy atom. The molecule has 1 aliphatic carbocycles. The minimum atomic E-state index is 0.550. The number of nitrogens with one attached hydrogen (secondary N) is 1. The molecular weight excluding hydrogens is 264 g/mol. The largest absolute Gasteiger partial charge is 0.313 e. The molecule has 2 nitrogen and oxygen atoms in total. The van der Waals surface area contributed by atoms with Gasteiger partial charge in [-0.05, 0) is 42.9 Å². The van der Waals surface area contributed by atoms with E-state index in [4.69, 9.17) is 0 Å². The van der Waals surface area contributed by atoms with Crippen molar-refractivity contribution in [2.24, 2.45) is 5.92 Å². The fourth-order valence-electron chi connectivity index (χ4n) is 3.15. The van der Waals surface area contributed by atoms with Crippen LogP contribution in [0.4, 0.5) is 0 Å². The summed E-state index contributed by atoms with van der Waals surface area (Å²) in [5, 5.41) is 7.09. The number of fused-ring (bicyclic) bond motifs is 1. The molecule has 20 heavy (non-hydrogen) atoms. The van der Waals surface area contributed by atoms with Crippen molar-refractivity contribution < 1.29 is 0 Å². The standard InChI is InChI=1S/C17H22N2S/c1-2-7-18-16(12-17-19-8-9-20-17)15-10-13-5-3-4-6-14(13)11-15/h3-6,8-9,15-16,18H,2,7,10-12H2,1H3. The molecule has 0 saturated heterocycles. The van der Waals surface area contributed by atoms with E-state index in [0.717, 1.165) is 13.0 Å². The number of hydrogen-bond acceptors (Lipinski definition) is 3. The van der Waals surface area contributed by atoms with E-state index in [1.54, 1.807) is 22.5 Å². The molecule has 106 valence electrons. The van der Waals surface area contributed by atoms with Gasteiger partial charge in [-0.25, -0.2) is 4.98 Å². The lowest BCUT2D eigenvalue weighted by molar-refractivity contribution is 0.361. The molecule has 1 N–H and O–H groups in total. The Labute approximate surface area is 125 Å². The Morgan fingerprint density at radius 3 is 2.65 bits per heavy atom. The number of aromatic nitrogens is 1. The van der Waals surface area contributed by atoms with Gasteiger partial charge >= 0.3 is 0 Å². The monoisotopic (exact) mass is 286 g/mol. The summed E-state index contributed by atoms with van der Waals surface area (Å²) in [5.74, 6) is 0.711. The van der Waals surface area contributed by atoms with Gasteiger partial charge in [0, 0.05) is 24.0 Å². The lowest BCUT2D eigenvalue weighted by atomic mass is 9.94. The van der Waals surface area contributed by atoms with Crippen molar-refractivity contribution >= 4 is 11.3 Å². The van der Waals surface area contributed by atoms with Crippen molar-refractivity contribution in [3.8, 4) is 0 Å². The normalized spacial score (nSPS) is 16.2. The minimum Gasteiger partial charge on any atom is -0.313 e. The molecule has 1 atom stereocenters. The van der Waals surface area contributed by atoms with E-state index in [2.05, 4.69) is 46.9 Å². The van der Waals surface area contributed by atoms with Crippen LogP contribution in [0.25, 0.3) is 0 Å². The zero-order chi connectivity index (χ0) is 13.8. The van der Waals surface area contributed by atoms with Gasteiger partial charge in [0.2, 0.25) is 0 Å². The number of benzene rings is 1. The molecule has 1 heterocycles. The highest BCUT2D eigenvalue weighted by molar-refractivity contribution is 7.09. The maximum absolute atomic E-state index is 4.46. The van der Waals surface area contributed by atoms with Crippen molar-refractivity contribution in [1.29, 1.82) is 0 Å². The first-order chi connectivity index (χ1) is 9.86. The second-order valence-corrected chi connectivity index (χ2v) is 6.61. The summed E-state index contributed by atoms with van der Waals surface area (Å²) in [5.41, 5.74) is 3.08. The average molecular weight is 286 g/mol. The van der Waals surface area contributed by atoms with Crippen LogP contribution >= 0.6 is 11.3 Å². The third kappa shape index (κ3) is 3.10. The first-order valence-corrected chi connectivity index (χ1v) is 8.43. The summed E-state index contributed by atoms with van der Waals surface area (Å²) in [6, 6.07) is 9.45. The molecule has 3 rings (SSSR count). The third-order valence-electron chi connectivity index (χ3n) is 4.19. The van der Waals surface area contributed by atoms with Gasteiger partial charge in [-0.3, -0.25) is 0 Å². The van der Waals surface area contributed by atoms with Crippen molar-refractivity contribution in [1.82, 2.24) is 10.3 Å². The van der Waals surface area contributed by atoms with Crippen molar-refractivity contribution in [2.75, 3.05) is 6.54 Å². The Hall–Kier alpha value is -1.19. The van der Waals surface area contributed by atoms with Crippen molar-refractivity contribution in [2.45, 2.75) is 38.6 Å². The van der Waals surface area contributed by atoms with Crippen molar-refractivity contribution in [3.63, 3.8) is 0 Å². The predicted octanol–water partition coefficient (Wildman–Crippen LogP) is 3.47. The van der Waals surface area contributed by atoms with E-state index >= 15 is 0 Å². The van der Waals surface area contributed by atoms with Gasteiger partial charge in [-0.15, -0.1) is 11.3 Å². The molecule has 1 unspecified atom stereocenters. The van der Waals surface area contributed by atoms with E-state index in [-0.39, 0.29) is 0 Å². The highest BCUT2D eigenvalue weighted by atomic mass is 32.1. The van der Waals surface area contributed by atoms with Crippen LogP contribution < -0.4 is 5.32 Å². The molecule has 0 spiro atoms. The Bertz CT molecular complexity index is 511. The number of rotatable bonds is 6. The second-order valence-electron chi connectivity index (χ2n) is 5.63. The van der Waals surface area contributed by atoms with Gasteiger partial charge < -0.3 is 5.32 Å². The summed E-state index contributed by atoms with van der Waals surface area (Å²) in [7, 11) is 0. The van der Waals surface area contributed by atoms with Crippen LogP contribution in [0.2, 0.25) is 0 Å². The number of hydrogen-bond donors (Lipinski definition) is 1. The molecule has 0 saturated carbocycles. The van der Waals surface area contributed by atoms with Crippen LogP contribution in [-0.2, 0) is 19.3 Å². The molecule has 1 aromatic heterocycles. The molecule has 1 aromatic carbocycles. The summed E-state index contributed by atoms with van der Waals surface area (Å²) < 4.78 is 0. The van der Waals surface area contributed by atoms with E-state index in [0.29, 0.717) is 12.0 Å². The first kappa shape index (κ1) is 13.8. The fourth-order valence-corrected chi connectivity index (χ4v) is 3.83. The topological polar surface area (TPSA) is 24.9 Å². The molecule has 1 aliphatic rings. The van der Waals surface area contributed by atoms with E-state index in [1.165, 1.54) is 24.3 Å². The van der Waals surface area contributed by atoms with Gasteiger partial charge in [0.05, 0.1) is 5.01 Å². The van der Waals surface area contributed by atoms with Gasteiger partial charge in [0.1, 0.15) is 0 Å². The maximum atomic E-state index is 4.46. The molecule has 0 fully saturated rings. The molecule has 3 heteroatoms. The molecule has 0 bridgehead atoms. The van der Waals surface area contributed by atoms with Crippen LogP contribution in [0.3, 0.4) is 0 Å². The highest BCUT2D eigenvalue weighted by Gasteiger charge is 2.28. The average Bonchev–Trinajstić information content (AvgIpc) is 3.12. The van der Waals surface area contributed by atoms with E-state index in [9.17, 15) is 0 Å². The second kappa shape index (κ2) is 6.51. The van der Waals surface area contributed by atoms with Crippen molar-refractivity contribution in [3.05, 3.63) is 52.0 Å². The molecule has 2 aromatic rings. The van der Waals surface area contributed by atoms with Gasteiger partial charge in [0.25, 0.3) is 0 Å². The minimum absolute atomic E-state index is 0.550. The predicted molar refractivity (Wildman–Crippen MR) is 85.2 cm³/mol. The van der Waals surface area contributed by atoms with Crippen LogP contribution in [0.5, 0.6) is 0 Å². The zero-order valence-electron chi connectivity index (χ0n) is 12.0. The Kier molecular flexibility index (Phi) is 4.48. The summed E-state index contributed by atoms with van der Waals surface area (Å²) in [4.78, 5) is 4.46. The first-order valence-electron chi connectivity index (χ1n) is 7.55. The van der Waals surface area contributed by atoms with E-state index < -0.39 is 0 Å². The zero-order valence-corrected chi connectivity index (χ0v) is 12.8.